The van der Waals surface area contributed by atoms with E-state index in [1.807, 2.05) is 74.5 Å². The fourth-order valence-electron chi connectivity index (χ4n) is 6.20. The number of rotatable bonds is 17. The van der Waals surface area contributed by atoms with Crippen molar-refractivity contribution in [3.63, 3.8) is 0 Å². The van der Waals surface area contributed by atoms with Gasteiger partial charge in [-0.2, -0.15) is 0 Å². The van der Waals surface area contributed by atoms with Crippen LogP contribution in [0.5, 0.6) is 0 Å². The topological polar surface area (TPSA) is 125 Å². The van der Waals surface area contributed by atoms with Crippen molar-refractivity contribution >= 4 is 33.9 Å². The monoisotopic (exact) mass is 727 g/mol. The Morgan fingerprint density at radius 3 is 2.29 bits per heavy atom. The van der Waals surface area contributed by atoms with E-state index in [2.05, 4.69) is 15.9 Å². The van der Waals surface area contributed by atoms with Gasteiger partial charge in [-0.15, -0.1) is 0 Å². The molecule has 3 aromatic rings. The molecule has 4 rings (SSSR count). The third-order valence-corrected chi connectivity index (χ3v) is 8.94. The summed E-state index contributed by atoms with van der Waals surface area (Å²) >= 11 is 3.57. The Kier molecular flexibility index (Phi) is 13.4. The van der Waals surface area contributed by atoms with Gasteiger partial charge in [0.15, 0.2) is 6.10 Å². The number of hydrogen-bond acceptors (Lipinski definition) is 9. The molecular formula is C37H46BrNO9. The first-order valence-corrected chi connectivity index (χ1v) is 17.1. The quantitative estimate of drug-likeness (QED) is 0.118. The van der Waals surface area contributed by atoms with Crippen LogP contribution < -0.4 is 0 Å². The first kappa shape index (κ1) is 37.3. The van der Waals surface area contributed by atoms with Gasteiger partial charge in [-0.25, -0.2) is 9.69 Å². The standard InChI is InChI=1S/C37H46BrNO9/c1-24(2)34-37(4,5)48-36(43)39(34)35(42)29(19-26-13-8-6-9-14-26)33(46-25(3)41)32-20-30(38)31(47-32)17-12-18-44-23-28(21-40)45-22-27-15-10-7-11-16-27/h6-11,13-16,20,24,28-29,33-34,40H,12,17-19,21-23H2,1-5H3/t28?,29-,33-,34-/m0/s1. The van der Waals surface area contributed by atoms with Crippen molar-refractivity contribution in [3.05, 3.63) is 93.9 Å². The normalized spacial score (nSPS) is 17.6. The Morgan fingerprint density at radius 2 is 1.69 bits per heavy atom. The Balaban J connectivity index is 1.49. The smallest absolute Gasteiger partial charge is 0.417 e. The third-order valence-electron chi connectivity index (χ3n) is 8.27. The van der Waals surface area contributed by atoms with Gasteiger partial charge >= 0.3 is 12.1 Å². The lowest BCUT2D eigenvalue weighted by atomic mass is 9.86. The number of esters is 1. The lowest BCUT2D eigenvalue weighted by molar-refractivity contribution is -0.156. The molecule has 1 aliphatic heterocycles. The van der Waals surface area contributed by atoms with Crippen LogP contribution >= 0.6 is 15.9 Å². The van der Waals surface area contributed by atoms with Crippen LogP contribution in [0, 0.1) is 11.8 Å². The molecule has 0 spiro atoms. The molecular weight excluding hydrogens is 682 g/mol. The summed E-state index contributed by atoms with van der Waals surface area (Å²) in [5.74, 6) is -1.29. The van der Waals surface area contributed by atoms with Crippen molar-refractivity contribution in [2.24, 2.45) is 11.8 Å². The maximum atomic E-state index is 14.4. The largest absolute Gasteiger partial charge is 0.461 e. The highest BCUT2D eigenvalue weighted by Crippen LogP contribution is 2.40. The zero-order valence-electron chi connectivity index (χ0n) is 28.2. The predicted molar refractivity (Wildman–Crippen MR) is 182 cm³/mol. The van der Waals surface area contributed by atoms with Crippen LogP contribution in [-0.4, -0.2) is 65.5 Å². The number of carbonyl (C=O) groups excluding carboxylic acids is 3. The number of carbonyl (C=O) groups is 3. The number of imide groups is 1. The third kappa shape index (κ3) is 9.78. The zero-order valence-corrected chi connectivity index (χ0v) is 29.8. The van der Waals surface area contributed by atoms with Gasteiger partial charge in [0.1, 0.15) is 23.2 Å². The Hall–Kier alpha value is -3.51. The molecule has 1 N–H and O–H groups in total. The molecule has 1 fully saturated rings. The van der Waals surface area contributed by atoms with E-state index in [-0.39, 0.29) is 31.3 Å². The van der Waals surface area contributed by atoms with E-state index in [1.54, 1.807) is 19.9 Å². The fraction of sp³-hybridized carbons (Fsp3) is 0.486. The highest BCUT2D eigenvalue weighted by molar-refractivity contribution is 9.10. The molecule has 2 amide bonds. The molecule has 1 aromatic heterocycles. The van der Waals surface area contributed by atoms with Gasteiger partial charge in [0.05, 0.1) is 36.3 Å². The minimum absolute atomic E-state index is 0.0883. The van der Waals surface area contributed by atoms with Gasteiger partial charge in [0.25, 0.3) is 0 Å². The molecule has 1 saturated heterocycles. The van der Waals surface area contributed by atoms with Crippen molar-refractivity contribution in [3.8, 4) is 0 Å². The summed E-state index contributed by atoms with van der Waals surface area (Å²) in [5, 5.41) is 9.71. The second-order valence-corrected chi connectivity index (χ2v) is 13.7. The molecule has 1 aliphatic rings. The van der Waals surface area contributed by atoms with Crippen molar-refractivity contribution < 1.29 is 42.9 Å². The Morgan fingerprint density at radius 1 is 1.04 bits per heavy atom. The average Bonchev–Trinajstić information content (AvgIpc) is 3.54. The van der Waals surface area contributed by atoms with Gasteiger partial charge in [-0.05, 0) is 65.7 Å². The summed E-state index contributed by atoms with van der Waals surface area (Å²) in [6, 6.07) is 20.3. The van der Waals surface area contributed by atoms with E-state index in [0.29, 0.717) is 36.3 Å². The summed E-state index contributed by atoms with van der Waals surface area (Å²) in [6.07, 6.45) is -1.03. The molecule has 260 valence electrons. The second-order valence-electron chi connectivity index (χ2n) is 12.9. The highest BCUT2D eigenvalue weighted by Gasteiger charge is 2.54. The number of hydrogen-bond donors (Lipinski definition) is 1. The lowest BCUT2D eigenvalue weighted by Gasteiger charge is -2.34. The van der Waals surface area contributed by atoms with Crippen LogP contribution in [0.1, 0.15) is 69.8 Å². The van der Waals surface area contributed by atoms with Gasteiger partial charge in [-0.1, -0.05) is 74.5 Å². The highest BCUT2D eigenvalue weighted by atomic mass is 79.9. The second kappa shape index (κ2) is 17.2. The molecule has 10 nitrogen and oxygen atoms in total. The number of aliphatic hydroxyl groups excluding tert-OH is 1. The first-order valence-electron chi connectivity index (χ1n) is 16.3. The maximum Gasteiger partial charge on any atom is 0.417 e. The molecule has 2 heterocycles. The molecule has 4 atom stereocenters. The number of halogens is 1. The van der Waals surface area contributed by atoms with Crippen LogP contribution in [-0.2, 0) is 48.0 Å². The van der Waals surface area contributed by atoms with Crippen molar-refractivity contribution in [2.75, 3.05) is 19.8 Å². The van der Waals surface area contributed by atoms with Crippen LogP contribution in [0.25, 0.3) is 0 Å². The van der Waals surface area contributed by atoms with E-state index in [1.165, 1.54) is 11.8 Å². The van der Waals surface area contributed by atoms with Crippen LogP contribution in [0.4, 0.5) is 4.79 Å². The van der Waals surface area contributed by atoms with Crippen molar-refractivity contribution in [1.29, 1.82) is 0 Å². The summed E-state index contributed by atoms with van der Waals surface area (Å²) in [7, 11) is 0. The summed E-state index contributed by atoms with van der Waals surface area (Å²) < 4.78 is 30.0. The number of aryl methyl sites for hydroxylation is 1. The molecule has 2 aromatic carbocycles. The van der Waals surface area contributed by atoms with Gasteiger partial charge in [0, 0.05) is 20.0 Å². The van der Waals surface area contributed by atoms with E-state index in [9.17, 15) is 19.5 Å². The number of aliphatic hydroxyl groups is 1. The molecule has 1 unspecified atom stereocenters. The minimum atomic E-state index is -1.12. The van der Waals surface area contributed by atoms with E-state index < -0.39 is 47.7 Å². The summed E-state index contributed by atoms with van der Waals surface area (Å²) in [6.45, 7) is 9.57. The van der Waals surface area contributed by atoms with Gasteiger partial charge in [0.2, 0.25) is 5.91 Å². The molecule has 11 heteroatoms. The van der Waals surface area contributed by atoms with Crippen LogP contribution in [0.3, 0.4) is 0 Å². The average molecular weight is 729 g/mol. The van der Waals surface area contributed by atoms with E-state index >= 15 is 0 Å². The SMILES string of the molecule is CC(=O)O[C@H](c1cc(Br)c(CCCOCC(CO)OCc2ccccc2)o1)[C@H](Cc1ccccc1)C(=O)N1C(=O)OC(C)(C)[C@@H]1C(C)C. The Bertz CT molecular complexity index is 1490. The van der Waals surface area contributed by atoms with Crippen LogP contribution in [0.2, 0.25) is 0 Å². The number of furan rings is 1. The molecule has 0 bridgehead atoms. The van der Waals surface area contributed by atoms with Crippen LogP contribution in [0.15, 0.2) is 75.6 Å². The first-order chi connectivity index (χ1) is 22.9. The fourth-order valence-corrected chi connectivity index (χ4v) is 6.71. The number of cyclic esters (lactones) is 1. The number of ether oxygens (including phenoxy) is 4. The molecule has 48 heavy (non-hydrogen) atoms. The van der Waals surface area contributed by atoms with Gasteiger partial charge < -0.3 is 28.5 Å². The number of nitrogens with zero attached hydrogens (tertiary/aromatic N) is 1. The maximum absolute atomic E-state index is 14.4. The lowest BCUT2D eigenvalue weighted by Crippen LogP contribution is -2.51. The molecule has 0 saturated carbocycles. The summed E-state index contributed by atoms with van der Waals surface area (Å²) in [5.41, 5.74) is 0.944. The van der Waals surface area contributed by atoms with Gasteiger partial charge in [-0.3, -0.25) is 9.59 Å². The van der Waals surface area contributed by atoms with E-state index in [0.717, 1.165) is 11.1 Å². The molecule has 0 aliphatic carbocycles. The summed E-state index contributed by atoms with van der Waals surface area (Å²) in [4.78, 5) is 41.3. The zero-order chi connectivity index (χ0) is 34.8. The number of benzene rings is 2. The van der Waals surface area contributed by atoms with Crippen molar-refractivity contribution in [2.45, 2.75) is 84.3 Å². The Labute approximate surface area is 290 Å². The molecule has 0 radical (unpaired) electrons. The van der Waals surface area contributed by atoms with E-state index in [4.69, 9.17) is 23.4 Å². The van der Waals surface area contributed by atoms with Crippen molar-refractivity contribution in [1.82, 2.24) is 4.90 Å². The number of amides is 2. The predicted octanol–water partition coefficient (Wildman–Crippen LogP) is 6.81. The minimum Gasteiger partial charge on any atom is -0.461 e.